The van der Waals surface area contributed by atoms with E-state index in [1.807, 2.05) is 17.0 Å². The van der Waals surface area contributed by atoms with Crippen LogP contribution in [0, 0.1) is 23.1 Å². The average molecular weight is 379 g/mol. The minimum atomic E-state index is -0.483. The molecule has 2 N–H and O–H groups in total. The maximum absolute atomic E-state index is 14.8. The summed E-state index contributed by atoms with van der Waals surface area (Å²) in [6.07, 6.45) is 2.67. The van der Waals surface area contributed by atoms with Crippen molar-refractivity contribution in [2.24, 2.45) is 5.92 Å². The maximum Gasteiger partial charge on any atom is 0.167 e. The van der Waals surface area contributed by atoms with Gasteiger partial charge in [0.05, 0.1) is 5.56 Å². The van der Waals surface area contributed by atoms with Crippen LogP contribution in [0.25, 0.3) is 22.4 Å². The van der Waals surface area contributed by atoms with E-state index in [0.29, 0.717) is 36.0 Å². The molecule has 8 heteroatoms. The molecule has 1 atom stereocenters. The van der Waals surface area contributed by atoms with E-state index in [0.717, 1.165) is 18.4 Å². The summed E-state index contributed by atoms with van der Waals surface area (Å²) in [5.41, 5.74) is 1.65. The maximum atomic E-state index is 14.8. The largest absolute Gasteiger partial charge is 0.351 e. The van der Waals surface area contributed by atoms with Crippen molar-refractivity contribution in [3.63, 3.8) is 0 Å². The summed E-state index contributed by atoms with van der Waals surface area (Å²) >= 11 is 0. The van der Waals surface area contributed by atoms with Gasteiger partial charge in [0.25, 0.3) is 0 Å². The average Bonchev–Trinajstić information content (AvgIpc) is 3.11. The van der Waals surface area contributed by atoms with E-state index < -0.39 is 5.82 Å². The number of nitriles is 1. The van der Waals surface area contributed by atoms with Crippen LogP contribution in [0.4, 0.5) is 10.2 Å². The number of H-pyrrole nitrogens is 1. The molecule has 4 heterocycles. The van der Waals surface area contributed by atoms with Crippen LogP contribution in [0.3, 0.4) is 0 Å². The van der Waals surface area contributed by atoms with Crippen LogP contribution in [0.15, 0.2) is 24.4 Å². The lowest BCUT2D eigenvalue weighted by Gasteiger charge is -2.35. The first kappa shape index (κ1) is 18.3. The fourth-order valence-corrected chi connectivity index (χ4v) is 3.75. The van der Waals surface area contributed by atoms with Crippen molar-refractivity contribution >= 4 is 16.9 Å². The first-order valence-electron chi connectivity index (χ1n) is 9.45. The van der Waals surface area contributed by atoms with E-state index in [1.165, 1.54) is 6.07 Å². The Morgan fingerprint density at radius 1 is 1.39 bits per heavy atom. The number of aromatic nitrogens is 4. The van der Waals surface area contributed by atoms with Gasteiger partial charge >= 0.3 is 0 Å². The predicted molar refractivity (Wildman–Crippen MR) is 105 cm³/mol. The summed E-state index contributed by atoms with van der Waals surface area (Å²) < 4.78 is 14.8. The number of aromatic amines is 1. The Balaban J connectivity index is 1.76. The number of fused-ring (bicyclic) bond motifs is 1. The number of nitrogens with one attached hydrogen (secondary N) is 2. The molecule has 0 bridgehead atoms. The van der Waals surface area contributed by atoms with Crippen LogP contribution in [0.2, 0.25) is 0 Å². The van der Waals surface area contributed by atoms with Gasteiger partial charge < -0.3 is 10.2 Å². The Kier molecular flexibility index (Phi) is 4.92. The second-order valence-electron chi connectivity index (χ2n) is 7.50. The SMILES string of the molecule is CC(C)C[C@@H]1CN(c2nc(-c3n[nH]c4ncccc34)c(C#N)cc2F)CCN1. The molecule has 0 aliphatic carbocycles. The minimum absolute atomic E-state index is 0.160. The zero-order chi connectivity index (χ0) is 19.7. The van der Waals surface area contributed by atoms with Gasteiger partial charge in [-0.05, 0) is 30.5 Å². The fraction of sp³-hybridized carbons (Fsp3) is 0.400. The smallest absolute Gasteiger partial charge is 0.167 e. The Morgan fingerprint density at radius 3 is 3.04 bits per heavy atom. The topological polar surface area (TPSA) is 93.5 Å². The van der Waals surface area contributed by atoms with Crippen molar-refractivity contribution in [2.45, 2.75) is 26.3 Å². The number of pyridine rings is 2. The van der Waals surface area contributed by atoms with Gasteiger partial charge in [-0.1, -0.05) is 13.8 Å². The van der Waals surface area contributed by atoms with E-state index in [9.17, 15) is 9.65 Å². The summed E-state index contributed by atoms with van der Waals surface area (Å²) in [5, 5.41) is 20.9. The molecule has 0 aromatic carbocycles. The first-order valence-corrected chi connectivity index (χ1v) is 9.45. The van der Waals surface area contributed by atoms with E-state index in [2.05, 4.69) is 39.3 Å². The van der Waals surface area contributed by atoms with Crippen molar-refractivity contribution in [3.05, 3.63) is 35.8 Å². The minimum Gasteiger partial charge on any atom is -0.351 e. The van der Waals surface area contributed by atoms with Crippen LogP contribution < -0.4 is 10.2 Å². The molecular formula is C20H22FN7. The first-order chi connectivity index (χ1) is 13.6. The van der Waals surface area contributed by atoms with Crippen LogP contribution in [-0.4, -0.2) is 45.8 Å². The lowest BCUT2D eigenvalue weighted by atomic mass is 10.0. The van der Waals surface area contributed by atoms with E-state index >= 15 is 0 Å². The standard InChI is InChI=1S/C20H22FN7/c1-12(2)8-14-11-28(7-6-23-14)20-16(21)9-13(10-22)17(25-20)18-15-4-3-5-24-19(15)27-26-18/h3-5,9,12,14,23H,6-8,11H2,1-2H3,(H,24,26,27)/t14-/m1/s1. The fourth-order valence-electron chi connectivity index (χ4n) is 3.75. The number of rotatable bonds is 4. The molecule has 3 aromatic heterocycles. The molecule has 0 amide bonds. The summed E-state index contributed by atoms with van der Waals surface area (Å²) in [4.78, 5) is 10.7. The molecule has 1 aliphatic rings. The van der Waals surface area contributed by atoms with Gasteiger partial charge in [-0.15, -0.1) is 0 Å². The van der Waals surface area contributed by atoms with Gasteiger partial charge in [0, 0.05) is 37.3 Å². The molecule has 0 unspecified atom stereocenters. The molecular weight excluding hydrogens is 357 g/mol. The van der Waals surface area contributed by atoms with Gasteiger partial charge in [0.2, 0.25) is 0 Å². The van der Waals surface area contributed by atoms with E-state index in [4.69, 9.17) is 0 Å². The Bertz CT molecular complexity index is 1040. The Morgan fingerprint density at radius 2 is 2.25 bits per heavy atom. The van der Waals surface area contributed by atoms with Crippen molar-refractivity contribution in [3.8, 4) is 17.5 Å². The highest BCUT2D eigenvalue weighted by atomic mass is 19.1. The van der Waals surface area contributed by atoms with E-state index in [-0.39, 0.29) is 17.4 Å². The number of hydrogen-bond donors (Lipinski definition) is 2. The molecule has 144 valence electrons. The molecule has 1 saturated heterocycles. The monoisotopic (exact) mass is 379 g/mol. The second kappa shape index (κ2) is 7.52. The molecule has 1 fully saturated rings. The van der Waals surface area contributed by atoms with Gasteiger partial charge in [0.15, 0.2) is 17.3 Å². The zero-order valence-electron chi connectivity index (χ0n) is 15.9. The third-order valence-corrected chi connectivity index (χ3v) is 4.95. The molecule has 4 rings (SSSR count). The van der Waals surface area contributed by atoms with Crippen molar-refractivity contribution in [2.75, 3.05) is 24.5 Å². The predicted octanol–water partition coefficient (Wildman–Crippen LogP) is 2.85. The second-order valence-corrected chi connectivity index (χ2v) is 7.50. The van der Waals surface area contributed by atoms with Crippen molar-refractivity contribution < 1.29 is 4.39 Å². The number of nitrogens with zero attached hydrogens (tertiary/aromatic N) is 5. The Hall–Kier alpha value is -3.05. The van der Waals surface area contributed by atoms with Crippen LogP contribution in [-0.2, 0) is 0 Å². The molecule has 0 radical (unpaired) electrons. The highest BCUT2D eigenvalue weighted by molar-refractivity contribution is 5.91. The van der Waals surface area contributed by atoms with Crippen LogP contribution in [0.5, 0.6) is 0 Å². The summed E-state index contributed by atoms with van der Waals surface area (Å²) in [7, 11) is 0. The van der Waals surface area contributed by atoms with Gasteiger partial charge in [-0.2, -0.15) is 10.4 Å². The third kappa shape index (κ3) is 3.41. The van der Waals surface area contributed by atoms with Gasteiger partial charge in [-0.3, -0.25) is 5.10 Å². The third-order valence-electron chi connectivity index (χ3n) is 4.95. The quantitative estimate of drug-likeness (QED) is 0.724. The van der Waals surface area contributed by atoms with Gasteiger partial charge in [0.1, 0.15) is 17.5 Å². The summed E-state index contributed by atoms with van der Waals surface area (Å²) in [6, 6.07) is 7.24. The molecule has 7 nitrogen and oxygen atoms in total. The number of anilines is 1. The normalized spacial score (nSPS) is 17.2. The van der Waals surface area contributed by atoms with Crippen molar-refractivity contribution in [1.29, 1.82) is 5.26 Å². The van der Waals surface area contributed by atoms with Gasteiger partial charge in [-0.25, -0.2) is 14.4 Å². The lowest BCUT2D eigenvalue weighted by Crippen LogP contribution is -2.51. The Labute approximate surface area is 162 Å². The molecule has 0 saturated carbocycles. The molecule has 0 spiro atoms. The molecule has 3 aromatic rings. The highest BCUT2D eigenvalue weighted by Gasteiger charge is 2.26. The van der Waals surface area contributed by atoms with Crippen LogP contribution >= 0.6 is 0 Å². The molecule has 28 heavy (non-hydrogen) atoms. The molecule has 1 aliphatic heterocycles. The number of hydrogen-bond acceptors (Lipinski definition) is 6. The highest BCUT2D eigenvalue weighted by Crippen LogP contribution is 2.30. The van der Waals surface area contributed by atoms with Crippen LogP contribution in [0.1, 0.15) is 25.8 Å². The van der Waals surface area contributed by atoms with E-state index in [1.54, 1.807) is 12.3 Å². The lowest BCUT2D eigenvalue weighted by molar-refractivity contribution is 0.385. The number of halogens is 1. The van der Waals surface area contributed by atoms with Crippen molar-refractivity contribution in [1.82, 2.24) is 25.5 Å². The number of piperazine rings is 1. The summed E-state index contributed by atoms with van der Waals surface area (Å²) in [6.45, 7) is 6.46. The summed E-state index contributed by atoms with van der Waals surface area (Å²) in [5.74, 6) is 0.336. The zero-order valence-corrected chi connectivity index (χ0v) is 15.9.